The normalized spacial score (nSPS) is 8.01. The zero-order valence-electron chi connectivity index (χ0n) is 61.3. The molecule has 0 aliphatic heterocycles. The Bertz CT molecular complexity index is 1390. The van der Waals surface area contributed by atoms with Crippen molar-refractivity contribution in [1.29, 1.82) is 0 Å². The van der Waals surface area contributed by atoms with E-state index in [1.807, 2.05) is 104 Å². The average Bonchev–Trinajstić information content (AvgIpc) is 3.40. The summed E-state index contributed by atoms with van der Waals surface area (Å²) in [6.07, 6.45) is 15.3. The second-order valence-electron chi connectivity index (χ2n) is 18.2. The minimum absolute atomic E-state index is 0.292. The first-order valence-corrected chi connectivity index (χ1v) is 31.7. The van der Waals surface area contributed by atoms with Gasteiger partial charge in [-0.25, -0.2) is 0 Å². The predicted octanol–water partition coefficient (Wildman–Crippen LogP) is 13.2. The molecule has 0 rings (SSSR count). The standard InChI is InChI=1S/15C4H8O2.2C2H4O2/c15*1-2-3-4(5)6;2*1-2(3)4/h15*2-3H2,1H3,(H,5,6);2*1H3,(H,3,4). The number of hydrogen-bond donors (Lipinski definition) is 17. The van der Waals surface area contributed by atoms with Gasteiger partial charge in [0.05, 0.1) is 0 Å². The van der Waals surface area contributed by atoms with Crippen molar-refractivity contribution < 1.29 is 168 Å². The molecular weight excluding hydrogens is 1310 g/mol. The molecule has 98 heavy (non-hydrogen) atoms. The molecule has 0 bridgehead atoms. The van der Waals surface area contributed by atoms with Gasteiger partial charge in [-0.2, -0.15) is 0 Å². The summed E-state index contributed by atoms with van der Waals surface area (Å²) >= 11 is 0. The summed E-state index contributed by atoms with van der Waals surface area (Å²) in [6, 6.07) is 0. The van der Waals surface area contributed by atoms with Crippen molar-refractivity contribution in [3.05, 3.63) is 0 Å². The molecule has 0 aliphatic rings. The number of hydrogen-bond acceptors (Lipinski definition) is 17. The van der Waals surface area contributed by atoms with Gasteiger partial charge in [-0.3, -0.25) is 81.5 Å². The van der Waals surface area contributed by atoms with Crippen molar-refractivity contribution in [3.8, 4) is 0 Å². The molecule has 0 saturated heterocycles. The first kappa shape index (κ1) is 133. The van der Waals surface area contributed by atoms with E-state index >= 15 is 0 Å². The van der Waals surface area contributed by atoms with Crippen molar-refractivity contribution in [2.24, 2.45) is 0 Å². The molecule has 0 radical (unpaired) electrons. The molecule has 34 heteroatoms. The molecule has 0 aliphatic carbocycles. The van der Waals surface area contributed by atoms with Crippen LogP contribution in [0.3, 0.4) is 0 Å². The van der Waals surface area contributed by atoms with E-state index in [1.54, 1.807) is 0 Å². The van der Waals surface area contributed by atoms with E-state index in [9.17, 15) is 71.9 Å². The number of rotatable bonds is 30. The third-order valence-electron chi connectivity index (χ3n) is 6.96. The second-order valence-corrected chi connectivity index (χ2v) is 18.2. The van der Waals surface area contributed by atoms with Crippen LogP contribution in [0.2, 0.25) is 0 Å². The van der Waals surface area contributed by atoms with Gasteiger partial charge >= 0.3 is 89.5 Å². The van der Waals surface area contributed by atoms with Crippen LogP contribution in [0.1, 0.15) is 310 Å². The number of carbonyl (C=O) groups is 17. The third kappa shape index (κ3) is 497. The van der Waals surface area contributed by atoms with Crippen molar-refractivity contribution in [1.82, 2.24) is 0 Å². The molecule has 0 atom stereocenters. The Labute approximate surface area is 578 Å². The van der Waals surface area contributed by atoms with Crippen molar-refractivity contribution in [2.45, 2.75) is 310 Å². The quantitative estimate of drug-likeness (QED) is 0.0318. The highest BCUT2D eigenvalue weighted by Gasteiger charge is 1.94. The minimum Gasteiger partial charge on any atom is -0.481 e. The van der Waals surface area contributed by atoms with Gasteiger partial charge in [0.1, 0.15) is 0 Å². The molecule has 0 unspecified atom stereocenters. The van der Waals surface area contributed by atoms with Crippen LogP contribution in [-0.4, -0.2) is 188 Å². The summed E-state index contributed by atoms with van der Waals surface area (Å²) in [5.74, 6) is -12.3. The van der Waals surface area contributed by atoms with Gasteiger partial charge in [-0.15, -0.1) is 0 Å². The van der Waals surface area contributed by atoms with E-state index in [0.29, 0.717) is 96.3 Å². The lowest BCUT2D eigenvalue weighted by atomic mass is 10.4. The van der Waals surface area contributed by atoms with E-state index in [0.717, 1.165) is 110 Å². The molecule has 0 aromatic carbocycles. The van der Waals surface area contributed by atoms with Gasteiger partial charge < -0.3 is 86.8 Å². The van der Waals surface area contributed by atoms with Crippen LogP contribution in [-0.2, 0) is 81.5 Å². The third-order valence-corrected chi connectivity index (χ3v) is 6.96. The van der Waals surface area contributed by atoms with Crippen molar-refractivity contribution in [2.75, 3.05) is 0 Å². The van der Waals surface area contributed by atoms with Gasteiger partial charge in [-0.05, 0) is 96.3 Å². The fourth-order valence-electron chi connectivity index (χ4n) is 3.21. The number of aliphatic carboxylic acids is 17. The summed E-state index contributed by atoms with van der Waals surface area (Å²) in [4.78, 5) is 162. The fraction of sp³-hybridized carbons (Fsp3) is 0.734. The van der Waals surface area contributed by atoms with Crippen LogP contribution in [0.4, 0.5) is 0 Å². The molecular formula is C64H128O34. The van der Waals surface area contributed by atoms with E-state index in [1.165, 1.54) is 0 Å². The molecule has 0 fully saturated rings. The predicted molar refractivity (Wildman–Crippen MR) is 365 cm³/mol. The molecule has 0 saturated carbocycles. The Hall–Kier alpha value is -9.01. The maximum atomic E-state index is 9.60. The summed E-state index contributed by atoms with van der Waals surface area (Å²) in [7, 11) is 0. The summed E-state index contributed by atoms with van der Waals surface area (Å²) in [6.45, 7) is 29.8. The van der Waals surface area contributed by atoms with Crippen LogP contribution in [0.25, 0.3) is 0 Å². The van der Waals surface area contributed by atoms with Crippen LogP contribution in [0.15, 0.2) is 0 Å². The molecule has 17 N–H and O–H groups in total. The van der Waals surface area contributed by atoms with Gasteiger partial charge in [0.2, 0.25) is 0 Å². The van der Waals surface area contributed by atoms with E-state index < -0.39 is 101 Å². The van der Waals surface area contributed by atoms with Gasteiger partial charge in [-0.1, -0.05) is 104 Å². The van der Waals surface area contributed by atoms with E-state index in [2.05, 4.69) is 0 Å². The molecule has 0 heterocycles. The zero-order valence-corrected chi connectivity index (χ0v) is 61.3. The van der Waals surface area contributed by atoms with Gasteiger partial charge in [0.15, 0.2) is 0 Å². The lowest BCUT2D eigenvalue weighted by Gasteiger charge is -1.79. The Balaban J connectivity index is -0.0000000475. The highest BCUT2D eigenvalue weighted by atomic mass is 16.4. The van der Waals surface area contributed by atoms with Crippen LogP contribution in [0, 0.1) is 0 Å². The van der Waals surface area contributed by atoms with Crippen LogP contribution in [0.5, 0.6) is 0 Å². The Morgan fingerprint density at radius 2 is 0.163 bits per heavy atom. The fourth-order valence-corrected chi connectivity index (χ4v) is 3.21. The maximum Gasteiger partial charge on any atom is 0.303 e. The van der Waals surface area contributed by atoms with Crippen LogP contribution < -0.4 is 0 Å². The Morgan fingerprint density at radius 1 is 0.133 bits per heavy atom. The van der Waals surface area contributed by atoms with E-state index in [-0.39, 0.29) is 0 Å². The lowest BCUT2D eigenvalue weighted by molar-refractivity contribution is -0.138. The number of carboxylic acid groups (broad SMARTS) is 17. The van der Waals surface area contributed by atoms with Gasteiger partial charge in [0.25, 0.3) is 11.9 Å². The molecule has 0 spiro atoms. The molecule has 588 valence electrons. The molecule has 0 aromatic heterocycles. The Kier molecular flexibility index (Phi) is 174. The highest BCUT2D eigenvalue weighted by Crippen LogP contribution is 1.89. The summed E-state index contributed by atoms with van der Waals surface area (Å²) < 4.78 is 0. The molecule has 34 nitrogen and oxygen atoms in total. The maximum absolute atomic E-state index is 9.60. The number of carboxylic acids is 17. The lowest BCUT2D eigenvalue weighted by Crippen LogP contribution is -1.90. The first-order valence-electron chi connectivity index (χ1n) is 31.7. The SMILES string of the molecule is CC(=O)O.CC(=O)O.CCCC(=O)O.CCCC(=O)O.CCCC(=O)O.CCCC(=O)O.CCCC(=O)O.CCCC(=O)O.CCCC(=O)O.CCCC(=O)O.CCCC(=O)O.CCCC(=O)O.CCCC(=O)O.CCCC(=O)O.CCCC(=O)O.CCCC(=O)O.CCCC(=O)O. The highest BCUT2D eigenvalue weighted by molar-refractivity contribution is 5.70. The van der Waals surface area contributed by atoms with Crippen molar-refractivity contribution >= 4 is 101 Å². The molecule has 0 amide bonds. The Morgan fingerprint density at radius 3 is 0.163 bits per heavy atom. The minimum atomic E-state index is -0.833. The smallest absolute Gasteiger partial charge is 0.303 e. The monoisotopic (exact) mass is 1440 g/mol. The summed E-state index contributed by atoms with van der Waals surface area (Å²) in [5, 5.41) is 134. The van der Waals surface area contributed by atoms with Gasteiger partial charge in [0, 0.05) is 110 Å². The second kappa shape index (κ2) is 128. The largest absolute Gasteiger partial charge is 0.481 e. The van der Waals surface area contributed by atoms with E-state index in [4.69, 9.17) is 96.4 Å². The summed E-state index contributed by atoms with van der Waals surface area (Å²) in [5.41, 5.74) is 0. The van der Waals surface area contributed by atoms with Crippen molar-refractivity contribution in [3.63, 3.8) is 0 Å². The topological polar surface area (TPSA) is 634 Å². The van der Waals surface area contributed by atoms with Crippen LogP contribution >= 0.6 is 0 Å². The molecule has 0 aromatic rings. The zero-order chi connectivity index (χ0) is 82.0. The average molecular weight is 1440 g/mol. The first-order chi connectivity index (χ1) is 45.0.